The number of hydrogen-bond acceptors (Lipinski definition) is 2. The van der Waals surface area contributed by atoms with Crippen LogP contribution in [-0.2, 0) is 4.79 Å². The van der Waals surface area contributed by atoms with Crippen molar-refractivity contribution in [3.8, 4) is 0 Å². The van der Waals surface area contributed by atoms with Crippen molar-refractivity contribution in [2.75, 3.05) is 5.32 Å². The topological polar surface area (TPSA) is 49.3 Å². The Bertz CT molecular complexity index is 398. The molecule has 3 nitrogen and oxygen atoms in total. The van der Waals surface area contributed by atoms with Gasteiger partial charge in [-0.1, -0.05) is 27.5 Å². The maximum atomic E-state index is 10.8. The summed E-state index contributed by atoms with van der Waals surface area (Å²) in [5, 5.41) is 12.5. The summed E-state index contributed by atoms with van der Waals surface area (Å²) in [6, 6.07) is 5.22. The van der Waals surface area contributed by atoms with Gasteiger partial charge in [-0.05, 0) is 32.0 Å². The van der Waals surface area contributed by atoms with Crippen LogP contribution in [-0.4, -0.2) is 17.1 Å². The number of benzene rings is 1. The van der Waals surface area contributed by atoms with Crippen molar-refractivity contribution in [3.05, 3.63) is 27.7 Å². The Kier molecular flexibility index (Phi) is 4.62. The van der Waals surface area contributed by atoms with Crippen LogP contribution in [0.1, 0.15) is 13.8 Å². The number of carboxylic acids is 1. The molecule has 1 rings (SSSR count). The summed E-state index contributed by atoms with van der Waals surface area (Å²) in [6.07, 6.45) is 0. The molecule has 16 heavy (non-hydrogen) atoms. The van der Waals surface area contributed by atoms with Gasteiger partial charge in [0.25, 0.3) is 0 Å². The van der Waals surface area contributed by atoms with Crippen molar-refractivity contribution in [1.29, 1.82) is 0 Å². The summed E-state index contributed by atoms with van der Waals surface area (Å²) >= 11 is 9.33. The Labute approximate surface area is 108 Å². The maximum Gasteiger partial charge on any atom is 0.308 e. The van der Waals surface area contributed by atoms with E-state index in [1.807, 2.05) is 19.1 Å². The fourth-order valence-electron chi connectivity index (χ4n) is 1.19. The monoisotopic (exact) mass is 305 g/mol. The number of halogens is 2. The van der Waals surface area contributed by atoms with Gasteiger partial charge < -0.3 is 10.4 Å². The Hall–Kier alpha value is -0.740. The minimum absolute atomic E-state index is 0.190. The van der Waals surface area contributed by atoms with E-state index >= 15 is 0 Å². The summed E-state index contributed by atoms with van der Waals surface area (Å²) < 4.78 is 0.898. The van der Waals surface area contributed by atoms with Crippen LogP contribution in [0.2, 0.25) is 5.02 Å². The van der Waals surface area contributed by atoms with E-state index < -0.39 is 11.9 Å². The summed E-state index contributed by atoms with van der Waals surface area (Å²) in [5.74, 6) is -1.30. The first-order valence-electron chi connectivity index (χ1n) is 4.86. The molecule has 0 aliphatic carbocycles. The molecule has 2 unspecified atom stereocenters. The van der Waals surface area contributed by atoms with Crippen LogP contribution < -0.4 is 5.32 Å². The van der Waals surface area contributed by atoms with E-state index in [0.717, 1.165) is 10.2 Å². The lowest BCUT2D eigenvalue weighted by atomic mass is 10.0. The van der Waals surface area contributed by atoms with E-state index in [1.54, 1.807) is 13.0 Å². The van der Waals surface area contributed by atoms with Gasteiger partial charge in [-0.3, -0.25) is 4.79 Å². The molecule has 0 aliphatic heterocycles. The van der Waals surface area contributed by atoms with E-state index in [0.29, 0.717) is 5.02 Å². The van der Waals surface area contributed by atoms with Crippen molar-refractivity contribution in [2.24, 2.45) is 5.92 Å². The number of anilines is 1. The van der Waals surface area contributed by atoms with Gasteiger partial charge in [0.1, 0.15) is 0 Å². The van der Waals surface area contributed by atoms with Gasteiger partial charge in [-0.2, -0.15) is 0 Å². The smallest absolute Gasteiger partial charge is 0.308 e. The molecular weight excluding hydrogens is 293 g/mol. The molecule has 2 N–H and O–H groups in total. The van der Waals surface area contributed by atoms with Crippen molar-refractivity contribution in [2.45, 2.75) is 19.9 Å². The lowest BCUT2D eigenvalue weighted by Gasteiger charge is -2.19. The Morgan fingerprint density at radius 2 is 2.12 bits per heavy atom. The highest BCUT2D eigenvalue weighted by atomic mass is 79.9. The standard InChI is InChI=1S/C11H13BrClNO2/c1-6(11(15)16)7(2)14-10-5-8(12)3-4-9(10)13/h3-7,14H,1-2H3,(H,15,16). The van der Waals surface area contributed by atoms with Crippen LogP contribution >= 0.6 is 27.5 Å². The first-order chi connectivity index (χ1) is 7.41. The van der Waals surface area contributed by atoms with Gasteiger partial charge >= 0.3 is 5.97 Å². The third-order valence-corrected chi connectivity index (χ3v) is 3.27. The van der Waals surface area contributed by atoms with Gasteiger partial charge in [-0.15, -0.1) is 0 Å². The van der Waals surface area contributed by atoms with Crippen molar-refractivity contribution in [3.63, 3.8) is 0 Å². The molecule has 1 aromatic rings. The minimum atomic E-state index is -0.828. The summed E-state index contributed by atoms with van der Waals surface area (Å²) in [4.78, 5) is 10.8. The zero-order valence-corrected chi connectivity index (χ0v) is 11.3. The van der Waals surface area contributed by atoms with Crippen LogP contribution in [0.15, 0.2) is 22.7 Å². The Morgan fingerprint density at radius 3 is 2.69 bits per heavy atom. The van der Waals surface area contributed by atoms with Crippen molar-refractivity contribution in [1.82, 2.24) is 0 Å². The Morgan fingerprint density at radius 1 is 1.50 bits per heavy atom. The van der Waals surface area contributed by atoms with E-state index in [-0.39, 0.29) is 6.04 Å². The van der Waals surface area contributed by atoms with E-state index in [4.69, 9.17) is 16.7 Å². The fourth-order valence-corrected chi connectivity index (χ4v) is 1.73. The predicted octanol–water partition coefficient (Wildman–Crippen LogP) is 3.62. The summed E-state index contributed by atoms with van der Waals surface area (Å²) in [6.45, 7) is 3.47. The first-order valence-corrected chi connectivity index (χ1v) is 6.03. The fraction of sp³-hybridized carbons (Fsp3) is 0.364. The molecule has 0 fully saturated rings. The second-order valence-corrected chi connectivity index (χ2v) is 5.01. The number of nitrogens with one attached hydrogen (secondary N) is 1. The van der Waals surface area contributed by atoms with Crippen LogP contribution in [0.3, 0.4) is 0 Å². The number of rotatable bonds is 4. The normalized spacial score (nSPS) is 14.2. The zero-order chi connectivity index (χ0) is 12.3. The van der Waals surface area contributed by atoms with E-state index in [9.17, 15) is 4.79 Å². The summed E-state index contributed by atoms with van der Waals surface area (Å²) in [7, 11) is 0. The molecule has 0 spiro atoms. The van der Waals surface area contributed by atoms with Gasteiger partial charge in [0, 0.05) is 10.5 Å². The zero-order valence-electron chi connectivity index (χ0n) is 9.00. The molecule has 2 atom stereocenters. The highest BCUT2D eigenvalue weighted by Gasteiger charge is 2.19. The molecular formula is C11H13BrClNO2. The number of carboxylic acid groups (broad SMARTS) is 1. The second kappa shape index (κ2) is 5.55. The average Bonchev–Trinajstić information content (AvgIpc) is 2.22. The van der Waals surface area contributed by atoms with Crippen molar-refractivity contribution < 1.29 is 9.90 Å². The molecule has 0 aliphatic rings. The molecule has 0 heterocycles. The summed E-state index contributed by atoms with van der Waals surface area (Å²) in [5.41, 5.74) is 0.733. The van der Waals surface area contributed by atoms with Gasteiger partial charge in [0.2, 0.25) is 0 Å². The molecule has 0 amide bonds. The lowest BCUT2D eigenvalue weighted by molar-refractivity contribution is -0.141. The molecule has 0 saturated heterocycles. The highest BCUT2D eigenvalue weighted by Crippen LogP contribution is 2.27. The molecule has 0 saturated carbocycles. The van der Waals surface area contributed by atoms with Crippen molar-refractivity contribution >= 4 is 39.2 Å². The second-order valence-electron chi connectivity index (χ2n) is 3.68. The van der Waals surface area contributed by atoms with Crippen LogP contribution in [0.4, 0.5) is 5.69 Å². The van der Waals surface area contributed by atoms with Crippen LogP contribution in [0, 0.1) is 5.92 Å². The molecule has 5 heteroatoms. The molecule has 1 aromatic carbocycles. The van der Waals surface area contributed by atoms with Gasteiger partial charge in [0.05, 0.1) is 16.6 Å². The number of hydrogen-bond donors (Lipinski definition) is 2. The third kappa shape index (κ3) is 3.39. The minimum Gasteiger partial charge on any atom is -0.481 e. The van der Waals surface area contributed by atoms with Gasteiger partial charge in [-0.25, -0.2) is 0 Å². The van der Waals surface area contributed by atoms with Crippen LogP contribution in [0.25, 0.3) is 0 Å². The predicted molar refractivity (Wildman–Crippen MR) is 69.0 cm³/mol. The third-order valence-electron chi connectivity index (χ3n) is 2.45. The highest BCUT2D eigenvalue weighted by molar-refractivity contribution is 9.10. The molecule has 0 bridgehead atoms. The van der Waals surface area contributed by atoms with E-state index in [2.05, 4.69) is 21.2 Å². The van der Waals surface area contributed by atoms with Gasteiger partial charge in [0.15, 0.2) is 0 Å². The molecule has 0 radical (unpaired) electrons. The Balaban J connectivity index is 2.80. The van der Waals surface area contributed by atoms with E-state index in [1.165, 1.54) is 0 Å². The SMILES string of the molecule is CC(Nc1cc(Br)ccc1Cl)C(C)C(=O)O. The number of carbonyl (C=O) groups is 1. The molecule has 88 valence electrons. The first kappa shape index (κ1) is 13.3. The lowest BCUT2D eigenvalue weighted by Crippen LogP contribution is -2.29. The quantitative estimate of drug-likeness (QED) is 0.893. The maximum absolute atomic E-state index is 10.8. The molecule has 0 aromatic heterocycles. The average molecular weight is 307 g/mol. The number of aliphatic carboxylic acids is 1. The largest absolute Gasteiger partial charge is 0.481 e. The van der Waals surface area contributed by atoms with Crippen LogP contribution in [0.5, 0.6) is 0 Å².